The summed E-state index contributed by atoms with van der Waals surface area (Å²) in [5.41, 5.74) is 1.54. The zero-order valence-electron chi connectivity index (χ0n) is 12.2. The number of anilines is 2. The Kier molecular flexibility index (Phi) is 3.76. The number of carbonyl (C=O) groups is 2. The summed E-state index contributed by atoms with van der Waals surface area (Å²) >= 11 is 0. The third-order valence-corrected chi connectivity index (χ3v) is 3.19. The molecule has 2 N–H and O–H groups in total. The van der Waals surface area contributed by atoms with Crippen LogP contribution in [0.4, 0.5) is 15.8 Å². The average Bonchev–Trinajstić information content (AvgIpc) is 2.96. The molecule has 0 unspecified atom stereocenters. The van der Waals surface area contributed by atoms with Gasteiger partial charge < -0.3 is 15.0 Å². The lowest BCUT2D eigenvalue weighted by atomic mass is 10.1. The third kappa shape index (κ3) is 3.18. The molecule has 0 aliphatic heterocycles. The van der Waals surface area contributed by atoms with Gasteiger partial charge in [0, 0.05) is 31.1 Å². The highest BCUT2D eigenvalue weighted by molar-refractivity contribution is 6.05. The lowest BCUT2D eigenvalue weighted by Gasteiger charge is -2.09. The first-order valence-corrected chi connectivity index (χ1v) is 6.84. The summed E-state index contributed by atoms with van der Waals surface area (Å²) in [5.74, 6) is -1.42. The molecule has 7 heteroatoms. The van der Waals surface area contributed by atoms with E-state index in [2.05, 4.69) is 15.6 Å². The van der Waals surface area contributed by atoms with Crippen LogP contribution in [0.2, 0.25) is 0 Å². The van der Waals surface area contributed by atoms with E-state index in [1.54, 1.807) is 35.1 Å². The van der Waals surface area contributed by atoms with Crippen LogP contribution in [0.3, 0.4) is 0 Å². The minimum atomic E-state index is -0.600. The number of nitrogens with zero attached hydrogens (tertiary/aromatic N) is 2. The summed E-state index contributed by atoms with van der Waals surface area (Å²) in [5, 5.41) is 5.06. The SMILES string of the molecule is CC(=O)Nc1cc(C(=O)Nc2ccc3nccn3c2)ccc1F. The Morgan fingerprint density at radius 3 is 2.78 bits per heavy atom. The third-order valence-electron chi connectivity index (χ3n) is 3.19. The second-order valence-corrected chi connectivity index (χ2v) is 4.94. The van der Waals surface area contributed by atoms with Crippen LogP contribution in [0.1, 0.15) is 17.3 Å². The van der Waals surface area contributed by atoms with Gasteiger partial charge in [-0.25, -0.2) is 9.37 Å². The van der Waals surface area contributed by atoms with Gasteiger partial charge >= 0.3 is 0 Å². The van der Waals surface area contributed by atoms with E-state index in [0.29, 0.717) is 5.69 Å². The molecule has 0 bridgehead atoms. The maximum Gasteiger partial charge on any atom is 0.255 e. The number of hydrogen-bond acceptors (Lipinski definition) is 3. The van der Waals surface area contributed by atoms with Crippen LogP contribution in [0.5, 0.6) is 0 Å². The lowest BCUT2D eigenvalue weighted by Crippen LogP contribution is -2.14. The Hall–Kier alpha value is -3.22. The molecule has 23 heavy (non-hydrogen) atoms. The average molecular weight is 312 g/mol. The van der Waals surface area contributed by atoms with Gasteiger partial charge in [-0.15, -0.1) is 0 Å². The topological polar surface area (TPSA) is 75.5 Å². The quantitative estimate of drug-likeness (QED) is 0.781. The van der Waals surface area contributed by atoms with Crippen LogP contribution in [0.15, 0.2) is 48.9 Å². The van der Waals surface area contributed by atoms with E-state index in [9.17, 15) is 14.0 Å². The van der Waals surface area contributed by atoms with E-state index in [1.807, 2.05) is 0 Å². The van der Waals surface area contributed by atoms with Crippen molar-refractivity contribution in [1.82, 2.24) is 9.38 Å². The standard InChI is InChI=1S/C16H13FN4O2/c1-10(22)19-14-8-11(2-4-13(14)17)16(23)20-12-3-5-15-18-6-7-21(15)9-12/h2-9H,1H3,(H,19,22)(H,20,23). The number of carbonyl (C=O) groups excluding carboxylic acids is 2. The Balaban J connectivity index is 1.83. The summed E-state index contributed by atoms with van der Waals surface area (Å²) in [6, 6.07) is 7.27. The fourth-order valence-corrected chi connectivity index (χ4v) is 2.15. The first-order chi connectivity index (χ1) is 11.0. The second kappa shape index (κ2) is 5.88. The molecule has 116 valence electrons. The number of aromatic nitrogens is 2. The summed E-state index contributed by atoms with van der Waals surface area (Å²) < 4.78 is 15.4. The molecule has 0 saturated carbocycles. The number of benzene rings is 1. The number of hydrogen-bond donors (Lipinski definition) is 2. The lowest BCUT2D eigenvalue weighted by molar-refractivity contribution is -0.114. The zero-order chi connectivity index (χ0) is 16.4. The van der Waals surface area contributed by atoms with Gasteiger partial charge in [0.25, 0.3) is 5.91 Å². The van der Waals surface area contributed by atoms with Gasteiger partial charge in [-0.1, -0.05) is 0 Å². The van der Waals surface area contributed by atoms with Crippen molar-refractivity contribution in [2.75, 3.05) is 10.6 Å². The monoisotopic (exact) mass is 312 g/mol. The number of fused-ring (bicyclic) bond motifs is 1. The minimum absolute atomic E-state index is 0.0322. The number of nitrogens with one attached hydrogen (secondary N) is 2. The highest BCUT2D eigenvalue weighted by Crippen LogP contribution is 2.18. The van der Waals surface area contributed by atoms with Crippen molar-refractivity contribution in [3.8, 4) is 0 Å². The second-order valence-electron chi connectivity index (χ2n) is 4.94. The highest BCUT2D eigenvalue weighted by Gasteiger charge is 2.11. The molecule has 2 aromatic heterocycles. The normalized spacial score (nSPS) is 10.5. The molecule has 2 amide bonds. The van der Waals surface area contributed by atoms with Crippen molar-refractivity contribution >= 4 is 28.8 Å². The summed E-state index contributed by atoms with van der Waals surface area (Å²) in [7, 11) is 0. The fourth-order valence-electron chi connectivity index (χ4n) is 2.15. The molecule has 6 nitrogen and oxygen atoms in total. The molecule has 3 aromatic rings. The van der Waals surface area contributed by atoms with E-state index >= 15 is 0 Å². The first kappa shape index (κ1) is 14.7. The number of pyridine rings is 1. The van der Waals surface area contributed by atoms with Crippen LogP contribution in [0, 0.1) is 5.82 Å². The Labute approximate surface area is 131 Å². The van der Waals surface area contributed by atoms with Crippen molar-refractivity contribution in [1.29, 1.82) is 0 Å². The van der Waals surface area contributed by atoms with Gasteiger partial charge in [0.2, 0.25) is 5.91 Å². The maximum atomic E-state index is 13.6. The zero-order valence-corrected chi connectivity index (χ0v) is 12.2. The predicted molar refractivity (Wildman–Crippen MR) is 83.8 cm³/mol. The van der Waals surface area contributed by atoms with Gasteiger partial charge in [-0.05, 0) is 30.3 Å². The first-order valence-electron chi connectivity index (χ1n) is 6.84. The maximum absolute atomic E-state index is 13.6. The highest BCUT2D eigenvalue weighted by atomic mass is 19.1. The molecule has 0 atom stereocenters. The Bertz CT molecular complexity index is 904. The van der Waals surface area contributed by atoms with E-state index in [1.165, 1.54) is 19.1 Å². The molecule has 0 spiro atoms. The van der Waals surface area contributed by atoms with Gasteiger partial charge in [-0.3, -0.25) is 9.59 Å². The van der Waals surface area contributed by atoms with Gasteiger partial charge in [0.05, 0.1) is 11.4 Å². The molecule has 0 aliphatic rings. The molecule has 0 fully saturated rings. The predicted octanol–water partition coefficient (Wildman–Crippen LogP) is 2.68. The molecular formula is C16H13FN4O2. The fraction of sp³-hybridized carbons (Fsp3) is 0.0625. The largest absolute Gasteiger partial charge is 0.324 e. The van der Waals surface area contributed by atoms with Crippen LogP contribution >= 0.6 is 0 Å². The van der Waals surface area contributed by atoms with Crippen LogP contribution < -0.4 is 10.6 Å². The van der Waals surface area contributed by atoms with Crippen molar-refractivity contribution in [2.45, 2.75) is 6.92 Å². The molecule has 3 rings (SSSR count). The van der Waals surface area contributed by atoms with E-state index in [-0.39, 0.29) is 11.3 Å². The smallest absolute Gasteiger partial charge is 0.255 e. The summed E-state index contributed by atoms with van der Waals surface area (Å²) in [6.07, 6.45) is 5.14. The van der Waals surface area contributed by atoms with Crippen molar-refractivity contribution < 1.29 is 14.0 Å². The van der Waals surface area contributed by atoms with Crippen LogP contribution in [-0.4, -0.2) is 21.2 Å². The minimum Gasteiger partial charge on any atom is -0.324 e. The molecule has 0 aliphatic carbocycles. The van der Waals surface area contributed by atoms with Gasteiger partial charge in [-0.2, -0.15) is 0 Å². The van der Waals surface area contributed by atoms with Crippen molar-refractivity contribution in [3.63, 3.8) is 0 Å². The van der Waals surface area contributed by atoms with E-state index in [0.717, 1.165) is 11.7 Å². The number of imidazole rings is 1. The number of halogens is 1. The molecule has 0 radical (unpaired) electrons. The number of rotatable bonds is 3. The molecule has 0 saturated heterocycles. The summed E-state index contributed by atoms with van der Waals surface area (Å²) in [6.45, 7) is 1.27. The van der Waals surface area contributed by atoms with Crippen LogP contribution in [-0.2, 0) is 4.79 Å². The van der Waals surface area contributed by atoms with Gasteiger partial charge in [0.15, 0.2) is 0 Å². The van der Waals surface area contributed by atoms with Gasteiger partial charge in [0.1, 0.15) is 11.5 Å². The number of amides is 2. The molecule has 1 aromatic carbocycles. The molecule has 2 heterocycles. The summed E-state index contributed by atoms with van der Waals surface area (Å²) in [4.78, 5) is 27.4. The van der Waals surface area contributed by atoms with E-state index < -0.39 is 17.6 Å². The Morgan fingerprint density at radius 1 is 1.17 bits per heavy atom. The Morgan fingerprint density at radius 2 is 2.00 bits per heavy atom. The van der Waals surface area contributed by atoms with E-state index in [4.69, 9.17) is 0 Å². The van der Waals surface area contributed by atoms with Crippen LogP contribution in [0.25, 0.3) is 5.65 Å². The van der Waals surface area contributed by atoms with Crippen molar-refractivity contribution in [2.24, 2.45) is 0 Å². The molecular weight excluding hydrogens is 299 g/mol. The van der Waals surface area contributed by atoms with Crippen molar-refractivity contribution in [3.05, 3.63) is 60.3 Å².